The summed E-state index contributed by atoms with van der Waals surface area (Å²) < 4.78 is 5.56. The maximum atomic E-state index is 11.0. The van der Waals surface area contributed by atoms with Gasteiger partial charge in [0.05, 0.1) is 11.9 Å². The molecule has 1 heterocycles. The Hall–Kier alpha value is -2.56. The Labute approximate surface area is 104 Å². The molecule has 0 unspecified atom stereocenters. The number of amides is 1. The van der Waals surface area contributed by atoms with E-state index in [1.807, 2.05) is 13.0 Å². The molecule has 0 bridgehead atoms. The van der Waals surface area contributed by atoms with Crippen molar-refractivity contribution < 1.29 is 9.53 Å². The zero-order valence-corrected chi connectivity index (χ0v) is 9.88. The van der Waals surface area contributed by atoms with Gasteiger partial charge in [0, 0.05) is 11.3 Å². The number of benzene rings is 1. The van der Waals surface area contributed by atoms with Crippen LogP contribution in [0.3, 0.4) is 0 Å². The predicted octanol–water partition coefficient (Wildman–Crippen LogP) is 1.86. The number of rotatable bonds is 3. The molecule has 5 heteroatoms. The van der Waals surface area contributed by atoms with E-state index < -0.39 is 5.91 Å². The van der Waals surface area contributed by atoms with Crippen LogP contribution in [0.5, 0.6) is 11.5 Å². The first-order valence-corrected chi connectivity index (χ1v) is 5.36. The number of hydrogen-bond acceptors (Lipinski definition) is 4. The highest BCUT2D eigenvalue weighted by molar-refractivity contribution is 5.94. The second-order valence-electron chi connectivity index (χ2n) is 3.85. The number of aromatic nitrogens is 1. The molecule has 4 N–H and O–H groups in total. The number of nitrogens with two attached hydrogens (primary N) is 2. The molecule has 0 fully saturated rings. The Morgan fingerprint density at radius 1 is 1.28 bits per heavy atom. The van der Waals surface area contributed by atoms with E-state index in [2.05, 4.69) is 4.98 Å². The number of aryl methyl sites for hydroxylation is 1. The second-order valence-corrected chi connectivity index (χ2v) is 3.85. The maximum Gasteiger partial charge on any atom is 0.248 e. The summed E-state index contributed by atoms with van der Waals surface area (Å²) in [6.07, 6.45) is 1.61. The topological polar surface area (TPSA) is 91.2 Å². The summed E-state index contributed by atoms with van der Waals surface area (Å²) in [5, 5.41) is 0. The second kappa shape index (κ2) is 4.75. The van der Waals surface area contributed by atoms with Crippen molar-refractivity contribution in [3.8, 4) is 11.5 Å². The normalized spacial score (nSPS) is 10.1. The Balaban J connectivity index is 2.24. The van der Waals surface area contributed by atoms with Gasteiger partial charge in [-0.25, -0.2) is 0 Å². The molecule has 2 rings (SSSR count). The fourth-order valence-corrected chi connectivity index (χ4v) is 1.44. The first-order chi connectivity index (χ1) is 8.56. The number of anilines is 1. The number of pyridine rings is 1. The van der Waals surface area contributed by atoms with E-state index >= 15 is 0 Å². The Bertz CT molecular complexity index is 579. The molecule has 0 atom stereocenters. The molecule has 1 amide bonds. The Morgan fingerprint density at radius 2 is 2.06 bits per heavy atom. The highest BCUT2D eigenvalue weighted by atomic mass is 16.5. The van der Waals surface area contributed by atoms with Gasteiger partial charge < -0.3 is 16.2 Å². The molecule has 18 heavy (non-hydrogen) atoms. The Morgan fingerprint density at radius 3 is 2.61 bits per heavy atom. The zero-order valence-electron chi connectivity index (χ0n) is 9.88. The molecule has 0 saturated heterocycles. The number of carbonyl (C=O) groups excluding carboxylic acids is 1. The summed E-state index contributed by atoms with van der Waals surface area (Å²) in [6, 6.07) is 8.29. The van der Waals surface area contributed by atoms with Crippen molar-refractivity contribution >= 4 is 11.6 Å². The fourth-order valence-electron chi connectivity index (χ4n) is 1.44. The van der Waals surface area contributed by atoms with Gasteiger partial charge in [0.1, 0.15) is 11.5 Å². The SMILES string of the molecule is Cc1ccc(Oc2ccc(C(N)=O)cc2N)cn1. The van der Waals surface area contributed by atoms with Gasteiger partial charge in [-0.1, -0.05) is 0 Å². The van der Waals surface area contributed by atoms with Crippen LogP contribution < -0.4 is 16.2 Å². The summed E-state index contributed by atoms with van der Waals surface area (Å²) in [5.74, 6) is 0.523. The lowest BCUT2D eigenvalue weighted by Gasteiger charge is -2.09. The third kappa shape index (κ3) is 2.57. The van der Waals surface area contributed by atoms with Gasteiger partial charge in [-0.2, -0.15) is 0 Å². The minimum absolute atomic E-state index is 0.349. The van der Waals surface area contributed by atoms with Crippen LogP contribution in [0.4, 0.5) is 5.69 Å². The van der Waals surface area contributed by atoms with Crippen molar-refractivity contribution in [3.63, 3.8) is 0 Å². The molecule has 2 aromatic rings. The van der Waals surface area contributed by atoms with Gasteiger partial charge in [0.15, 0.2) is 0 Å². The van der Waals surface area contributed by atoms with Crippen LogP contribution in [-0.2, 0) is 0 Å². The first kappa shape index (κ1) is 11.9. The van der Waals surface area contributed by atoms with Crippen molar-refractivity contribution in [2.45, 2.75) is 6.92 Å². The lowest BCUT2D eigenvalue weighted by molar-refractivity contribution is 0.100. The average Bonchev–Trinajstić information content (AvgIpc) is 2.34. The van der Waals surface area contributed by atoms with Gasteiger partial charge >= 0.3 is 0 Å². The maximum absolute atomic E-state index is 11.0. The van der Waals surface area contributed by atoms with E-state index in [1.165, 1.54) is 6.07 Å². The van der Waals surface area contributed by atoms with Gasteiger partial charge in [-0.3, -0.25) is 9.78 Å². The summed E-state index contributed by atoms with van der Waals surface area (Å²) in [7, 11) is 0. The summed E-state index contributed by atoms with van der Waals surface area (Å²) >= 11 is 0. The standard InChI is InChI=1S/C13H13N3O2/c1-8-2-4-10(7-16-8)18-12-5-3-9(13(15)17)6-11(12)14/h2-7H,14H2,1H3,(H2,15,17). The van der Waals surface area contributed by atoms with Gasteiger partial charge in [-0.15, -0.1) is 0 Å². The van der Waals surface area contributed by atoms with Gasteiger partial charge in [-0.05, 0) is 37.3 Å². The number of nitrogen functional groups attached to an aromatic ring is 1. The molecule has 0 saturated carbocycles. The zero-order chi connectivity index (χ0) is 13.1. The number of carbonyl (C=O) groups is 1. The highest BCUT2D eigenvalue weighted by Gasteiger charge is 2.06. The van der Waals surface area contributed by atoms with Crippen LogP contribution in [0.25, 0.3) is 0 Å². The van der Waals surface area contributed by atoms with E-state index in [-0.39, 0.29) is 0 Å². The van der Waals surface area contributed by atoms with Gasteiger partial charge in [0.2, 0.25) is 5.91 Å². The fraction of sp³-hybridized carbons (Fsp3) is 0.0769. The molecule has 0 spiro atoms. The molecule has 92 valence electrons. The summed E-state index contributed by atoms with van der Waals surface area (Å²) in [5.41, 5.74) is 12.5. The van der Waals surface area contributed by atoms with E-state index in [9.17, 15) is 4.79 Å². The van der Waals surface area contributed by atoms with Crippen LogP contribution >= 0.6 is 0 Å². The third-order valence-corrected chi connectivity index (χ3v) is 2.41. The third-order valence-electron chi connectivity index (χ3n) is 2.41. The van der Waals surface area contributed by atoms with Crippen LogP contribution in [0.2, 0.25) is 0 Å². The molecule has 5 nitrogen and oxygen atoms in total. The number of ether oxygens (including phenoxy) is 1. The van der Waals surface area contributed by atoms with Crippen LogP contribution in [0.1, 0.15) is 16.1 Å². The minimum atomic E-state index is -0.523. The molecule has 0 aliphatic heterocycles. The van der Waals surface area contributed by atoms with E-state index in [4.69, 9.17) is 16.2 Å². The van der Waals surface area contributed by atoms with Crippen molar-refractivity contribution in [1.29, 1.82) is 0 Å². The smallest absolute Gasteiger partial charge is 0.248 e. The van der Waals surface area contributed by atoms with E-state index in [0.717, 1.165) is 5.69 Å². The molecular formula is C13H13N3O2. The lowest BCUT2D eigenvalue weighted by Crippen LogP contribution is -2.11. The average molecular weight is 243 g/mol. The molecule has 0 aliphatic carbocycles. The van der Waals surface area contributed by atoms with Crippen LogP contribution in [0.15, 0.2) is 36.5 Å². The monoisotopic (exact) mass is 243 g/mol. The quantitative estimate of drug-likeness (QED) is 0.805. The predicted molar refractivity (Wildman–Crippen MR) is 68.4 cm³/mol. The summed E-state index contributed by atoms with van der Waals surface area (Å²) in [4.78, 5) is 15.1. The molecule has 0 radical (unpaired) electrons. The van der Waals surface area contributed by atoms with Crippen molar-refractivity contribution in [1.82, 2.24) is 4.98 Å². The van der Waals surface area contributed by atoms with Crippen molar-refractivity contribution in [2.24, 2.45) is 5.73 Å². The number of nitrogens with zero attached hydrogens (tertiary/aromatic N) is 1. The van der Waals surface area contributed by atoms with Crippen LogP contribution in [0, 0.1) is 6.92 Å². The largest absolute Gasteiger partial charge is 0.454 e. The van der Waals surface area contributed by atoms with E-state index in [1.54, 1.807) is 24.4 Å². The molecule has 0 aliphatic rings. The molecular weight excluding hydrogens is 230 g/mol. The number of hydrogen-bond donors (Lipinski definition) is 2. The minimum Gasteiger partial charge on any atom is -0.454 e. The first-order valence-electron chi connectivity index (χ1n) is 5.36. The lowest BCUT2D eigenvalue weighted by atomic mass is 10.2. The van der Waals surface area contributed by atoms with Crippen molar-refractivity contribution in [3.05, 3.63) is 47.8 Å². The Kier molecular flexibility index (Phi) is 3.14. The molecule has 1 aromatic heterocycles. The number of primary amides is 1. The van der Waals surface area contributed by atoms with Crippen molar-refractivity contribution in [2.75, 3.05) is 5.73 Å². The molecule has 1 aromatic carbocycles. The highest BCUT2D eigenvalue weighted by Crippen LogP contribution is 2.27. The van der Waals surface area contributed by atoms with E-state index in [0.29, 0.717) is 22.7 Å². The summed E-state index contributed by atoms with van der Waals surface area (Å²) in [6.45, 7) is 1.89. The van der Waals surface area contributed by atoms with Crippen LogP contribution in [-0.4, -0.2) is 10.9 Å². The van der Waals surface area contributed by atoms with Gasteiger partial charge in [0.25, 0.3) is 0 Å².